The molecule has 336 valence electrons. The number of hydrogen-bond donors (Lipinski definition) is 10. The van der Waals surface area contributed by atoms with E-state index < -0.39 is 54.5 Å². The summed E-state index contributed by atoms with van der Waals surface area (Å²) < 4.78 is 0. The Morgan fingerprint density at radius 2 is 1.02 bits per heavy atom. The van der Waals surface area contributed by atoms with Crippen LogP contribution < -0.4 is 37.2 Å². The maximum Gasteiger partial charge on any atom is 0.326 e. The number of hydrogen-bond acceptors (Lipinski definition) is 9. The molecule has 0 fully saturated rings. The van der Waals surface area contributed by atoms with Crippen molar-refractivity contribution in [2.45, 2.75) is 121 Å². The van der Waals surface area contributed by atoms with E-state index in [1.54, 1.807) is 6.92 Å². The lowest BCUT2D eigenvalue weighted by Gasteiger charge is -2.24. The third-order valence-electron chi connectivity index (χ3n) is 9.65. The second-order valence-electron chi connectivity index (χ2n) is 14.6. The van der Waals surface area contributed by atoms with Crippen LogP contribution in [0.4, 0.5) is 4.79 Å². The number of carboxylic acids is 3. The van der Waals surface area contributed by atoms with Crippen LogP contribution in [0, 0.1) is 0 Å². The van der Waals surface area contributed by atoms with E-state index in [-0.39, 0.29) is 36.5 Å². The SMILES string of the molecule is CCC(=O)NCCNC(Cc1ccccc1)C(=O)NC(Cc1ccccc1)C(=O)NCCCCCCCC(=O)NCCCCC(NC(=O)NC(CCC(=O)O)C(=O)O)C(=O)O. The lowest BCUT2D eigenvalue weighted by Crippen LogP contribution is -2.55. The van der Waals surface area contributed by atoms with Gasteiger partial charge in [0.25, 0.3) is 0 Å². The molecule has 18 nitrogen and oxygen atoms in total. The van der Waals surface area contributed by atoms with Crippen LogP contribution in [0.3, 0.4) is 0 Å². The van der Waals surface area contributed by atoms with E-state index in [2.05, 4.69) is 37.2 Å². The first-order chi connectivity index (χ1) is 29.3. The number of amides is 6. The van der Waals surface area contributed by atoms with Gasteiger partial charge >= 0.3 is 23.9 Å². The molecule has 0 aromatic heterocycles. The number of nitrogens with one attached hydrogen (secondary N) is 7. The number of rotatable bonds is 32. The number of carbonyl (C=O) groups is 8. The van der Waals surface area contributed by atoms with Crippen LogP contribution in [0.25, 0.3) is 0 Å². The molecule has 2 aromatic rings. The molecule has 0 radical (unpaired) electrons. The maximum absolute atomic E-state index is 13.7. The minimum Gasteiger partial charge on any atom is -0.481 e. The molecule has 4 unspecified atom stereocenters. The Morgan fingerprint density at radius 1 is 0.492 bits per heavy atom. The van der Waals surface area contributed by atoms with Gasteiger partial charge in [-0.05, 0) is 56.1 Å². The van der Waals surface area contributed by atoms with Gasteiger partial charge in [-0.25, -0.2) is 14.4 Å². The molecular formula is C43H63N7O11. The predicted molar refractivity (Wildman–Crippen MR) is 226 cm³/mol. The molecule has 2 aromatic carbocycles. The van der Waals surface area contributed by atoms with Crippen LogP contribution in [0.2, 0.25) is 0 Å². The summed E-state index contributed by atoms with van der Waals surface area (Å²) in [6.45, 7) is 3.23. The van der Waals surface area contributed by atoms with Gasteiger partial charge in [0.1, 0.15) is 18.1 Å². The fraction of sp³-hybridized carbons (Fsp3) is 0.535. The zero-order valence-electron chi connectivity index (χ0n) is 34.9. The highest BCUT2D eigenvalue weighted by atomic mass is 16.4. The number of carboxylic acid groups (broad SMARTS) is 3. The van der Waals surface area contributed by atoms with Crippen LogP contribution in [0.5, 0.6) is 0 Å². The summed E-state index contributed by atoms with van der Waals surface area (Å²) in [5.74, 6) is -4.83. The first-order valence-corrected chi connectivity index (χ1v) is 21.0. The Balaban J connectivity index is 1.72. The number of aliphatic carboxylic acids is 3. The van der Waals surface area contributed by atoms with Crippen LogP contribution >= 0.6 is 0 Å². The fourth-order valence-corrected chi connectivity index (χ4v) is 6.22. The average molecular weight is 854 g/mol. The number of carbonyl (C=O) groups excluding carboxylic acids is 5. The van der Waals surface area contributed by atoms with Crippen LogP contribution in [-0.4, -0.2) is 113 Å². The second kappa shape index (κ2) is 30.1. The van der Waals surface area contributed by atoms with Crippen molar-refractivity contribution < 1.29 is 53.7 Å². The lowest BCUT2D eigenvalue weighted by molar-refractivity contribution is -0.141. The van der Waals surface area contributed by atoms with E-state index in [0.29, 0.717) is 77.5 Å². The van der Waals surface area contributed by atoms with E-state index in [4.69, 9.17) is 5.11 Å². The molecule has 0 aliphatic rings. The third kappa shape index (κ3) is 23.4. The monoisotopic (exact) mass is 853 g/mol. The lowest BCUT2D eigenvalue weighted by atomic mass is 10.0. The molecule has 0 saturated heterocycles. The summed E-state index contributed by atoms with van der Waals surface area (Å²) in [6, 6.07) is 13.7. The van der Waals surface area contributed by atoms with E-state index in [1.165, 1.54) is 0 Å². The highest BCUT2D eigenvalue weighted by Crippen LogP contribution is 2.09. The molecule has 61 heavy (non-hydrogen) atoms. The van der Waals surface area contributed by atoms with Gasteiger partial charge in [-0.1, -0.05) is 86.8 Å². The molecule has 0 bridgehead atoms. The van der Waals surface area contributed by atoms with Crippen molar-refractivity contribution in [3.63, 3.8) is 0 Å². The van der Waals surface area contributed by atoms with Gasteiger partial charge in [-0.3, -0.25) is 24.0 Å². The van der Waals surface area contributed by atoms with Crippen molar-refractivity contribution in [1.29, 1.82) is 0 Å². The zero-order valence-corrected chi connectivity index (χ0v) is 34.9. The summed E-state index contributed by atoms with van der Waals surface area (Å²) in [4.78, 5) is 96.9. The quantitative estimate of drug-likeness (QED) is 0.0475. The average Bonchev–Trinajstić information content (AvgIpc) is 3.23. The molecular weight excluding hydrogens is 791 g/mol. The Morgan fingerprint density at radius 3 is 1.61 bits per heavy atom. The Labute approximate surface area is 356 Å². The minimum absolute atomic E-state index is 0.0309. The first-order valence-electron chi connectivity index (χ1n) is 21.0. The molecule has 6 amide bonds. The molecule has 10 N–H and O–H groups in total. The number of unbranched alkanes of at least 4 members (excludes halogenated alkanes) is 5. The van der Waals surface area contributed by atoms with E-state index in [1.807, 2.05) is 60.7 Å². The molecule has 0 spiro atoms. The summed E-state index contributed by atoms with van der Waals surface area (Å²) in [5, 5.41) is 46.4. The Bertz CT molecular complexity index is 1680. The van der Waals surface area contributed by atoms with Gasteiger partial charge < -0.3 is 52.5 Å². The van der Waals surface area contributed by atoms with Gasteiger partial charge in [-0.2, -0.15) is 0 Å². The summed E-state index contributed by atoms with van der Waals surface area (Å²) in [6.07, 6.45) is 5.21. The summed E-state index contributed by atoms with van der Waals surface area (Å²) >= 11 is 0. The molecule has 2 rings (SSSR count). The van der Waals surface area contributed by atoms with Gasteiger partial charge in [0.05, 0.1) is 6.04 Å². The van der Waals surface area contributed by atoms with Crippen molar-refractivity contribution in [3.05, 3.63) is 71.8 Å². The Kier molecular flexibility index (Phi) is 25.2. The fourth-order valence-electron chi connectivity index (χ4n) is 6.22. The number of benzene rings is 2. The number of urea groups is 1. The van der Waals surface area contributed by atoms with Crippen molar-refractivity contribution in [2.24, 2.45) is 0 Å². The smallest absolute Gasteiger partial charge is 0.326 e. The van der Waals surface area contributed by atoms with E-state index in [9.17, 15) is 48.6 Å². The van der Waals surface area contributed by atoms with Crippen molar-refractivity contribution in [2.75, 3.05) is 26.2 Å². The topological polar surface area (TPSA) is 281 Å². The highest BCUT2D eigenvalue weighted by Gasteiger charge is 2.27. The van der Waals surface area contributed by atoms with Gasteiger partial charge in [0.15, 0.2) is 0 Å². The van der Waals surface area contributed by atoms with E-state index >= 15 is 0 Å². The summed E-state index contributed by atoms with van der Waals surface area (Å²) in [5.41, 5.74) is 1.85. The highest BCUT2D eigenvalue weighted by molar-refractivity contribution is 5.90. The van der Waals surface area contributed by atoms with Crippen molar-refractivity contribution in [1.82, 2.24) is 37.2 Å². The normalized spacial score (nSPS) is 12.7. The first kappa shape index (κ1) is 51.1. The molecule has 18 heteroatoms. The van der Waals surface area contributed by atoms with Crippen molar-refractivity contribution in [3.8, 4) is 0 Å². The minimum atomic E-state index is -1.49. The standard InChI is InChI=1S/C43H63N7O11/c1-2-36(51)46-27-26-44-34(28-30-16-8-6-9-17-30)40(56)48-35(29-31-18-10-7-11-19-31)39(55)47-25-14-5-3-4-12-21-37(52)45-24-15-13-20-32(41(57)58)49-43(61)50-33(42(59)60)22-23-38(53)54/h6-11,16-19,32-35,44H,2-5,12-15,20-29H2,1H3,(H,45,52)(H,46,51)(H,47,55)(H,48,56)(H,53,54)(H,57,58)(H,59,60)(H2,49,50,61). The molecule has 0 aliphatic heterocycles. The molecule has 4 atom stereocenters. The molecule has 0 aliphatic carbocycles. The third-order valence-corrected chi connectivity index (χ3v) is 9.65. The predicted octanol–water partition coefficient (Wildman–Crippen LogP) is 2.25. The summed E-state index contributed by atoms with van der Waals surface area (Å²) in [7, 11) is 0. The van der Waals surface area contributed by atoms with E-state index in [0.717, 1.165) is 30.4 Å². The van der Waals surface area contributed by atoms with Gasteiger partial charge in [-0.15, -0.1) is 0 Å². The zero-order chi connectivity index (χ0) is 44.8. The van der Waals surface area contributed by atoms with Crippen LogP contribution in [0.1, 0.15) is 95.1 Å². The van der Waals surface area contributed by atoms with Crippen LogP contribution in [-0.2, 0) is 46.4 Å². The Hall–Kier alpha value is -6.04. The molecule has 0 heterocycles. The van der Waals surface area contributed by atoms with Gasteiger partial charge in [0, 0.05) is 51.9 Å². The second-order valence-corrected chi connectivity index (χ2v) is 14.6. The maximum atomic E-state index is 13.7. The van der Waals surface area contributed by atoms with Crippen molar-refractivity contribution >= 4 is 47.6 Å². The largest absolute Gasteiger partial charge is 0.481 e. The molecule has 0 saturated carbocycles. The van der Waals surface area contributed by atoms with Gasteiger partial charge in [0.2, 0.25) is 23.6 Å². The van der Waals surface area contributed by atoms with Crippen LogP contribution in [0.15, 0.2) is 60.7 Å².